The number of amides is 2. The highest BCUT2D eigenvalue weighted by Crippen LogP contribution is 2.31. The van der Waals surface area contributed by atoms with E-state index in [9.17, 15) is 4.79 Å². The van der Waals surface area contributed by atoms with Crippen LogP contribution < -0.4 is 10.1 Å². The Balaban J connectivity index is 1.57. The first-order chi connectivity index (χ1) is 13.2. The van der Waals surface area contributed by atoms with Crippen LogP contribution in [0.3, 0.4) is 0 Å². The molecular formula is C22H23N3O2. The molecule has 0 radical (unpaired) electrons. The van der Waals surface area contributed by atoms with Gasteiger partial charge < -0.3 is 19.5 Å². The fraction of sp³-hybridized carbons (Fsp3) is 0.227. The molecule has 1 aromatic heterocycles. The average Bonchev–Trinajstić information content (AvgIpc) is 3.16. The van der Waals surface area contributed by atoms with Crippen LogP contribution in [0.4, 0.5) is 4.79 Å². The number of carbonyl (C=O) groups excluding carboxylic acids is 1. The van der Waals surface area contributed by atoms with E-state index >= 15 is 0 Å². The standard InChI is InChI=1S/C22H23N3O2/c1-16-20-11-6-12-24(20)21-10-4-3-8-18(21)15-25(16)22(26)23-14-17-7-5-9-19(13-17)27-2/h3-13,16H,14-15H2,1-2H3,(H,23,26)/t16-/m1/s1. The van der Waals surface area contributed by atoms with Gasteiger partial charge in [-0.05, 0) is 48.4 Å². The van der Waals surface area contributed by atoms with Gasteiger partial charge in [0.2, 0.25) is 0 Å². The summed E-state index contributed by atoms with van der Waals surface area (Å²) in [5.74, 6) is 0.789. The lowest BCUT2D eigenvalue weighted by Crippen LogP contribution is -2.40. The van der Waals surface area contributed by atoms with Gasteiger partial charge >= 0.3 is 6.03 Å². The lowest BCUT2D eigenvalue weighted by molar-refractivity contribution is 0.175. The number of methoxy groups -OCH3 is 1. The van der Waals surface area contributed by atoms with E-state index < -0.39 is 0 Å². The molecule has 2 amide bonds. The van der Waals surface area contributed by atoms with Gasteiger partial charge in [0.25, 0.3) is 0 Å². The molecule has 0 saturated carbocycles. The van der Waals surface area contributed by atoms with E-state index in [0.717, 1.165) is 28.3 Å². The highest BCUT2D eigenvalue weighted by Gasteiger charge is 2.28. The summed E-state index contributed by atoms with van der Waals surface area (Å²) in [5.41, 5.74) is 4.38. The quantitative estimate of drug-likeness (QED) is 0.757. The minimum Gasteiger partial charge on any atom is -0.497 e. The van der Waals surface area contributed by atoms with E-state index in [2.05, 4.69) is 41.2 Å². The van der Waals surface area contributed by atoms with Gasteiger partial charge in [-0.1, -0.05) is 30.3 Å². The van der Waals surface area contributed by atoms with Crippen LogP contribution in [0.25, 0.3) is 5.69 Å². The summed E-state index contributed by atoms with van der Waals surface area (Å²) in [6, 6.07) is 20.0. The van der Waals surface area contributed by atoms with Crippen LogP contribution in [-0.2, 0) is 13.1 Å². The Bertz CT molecular complexity index is 963. The largest absolute Gasteiger partial charge is 0.497 e. The number of para-hydroxylation sites is 1. The maximum absolute atomic E-state index is 13.0. The van der Waals surface area contributed by atoms with Crippen LogP contribution in [0, 0.1) is 0 Å². The van der Waals surface area contributed by atoms with Gasteiger partial charge in [-0.3, -0.25) is 0 Å². The summed E-state index contributed by atoms with van der Waals surface area (Å²) < 4.78 is 7.43. The molecule has 2 aromatic carbocycles. The molecule has 5 heteroatoms. The number of benzene rings is 2. The van der Waals surface area contributed by atoms with Gasteiger partial charge in [-0.25, -0.2) is 4.79 Å². The number of nitrogens with one attached hydrogen (secondary N) is 1. The van der Waals surface area contributed by atoms with Crippen molar-refractivity contribution in [3.63, 3.8) is 0 Å². The zero-order valence-corrected chi connectivity index (χ0v) is 15.6. The molecule has 3 aromatic rings. The Kier molecular flexibility index (Phi) is 4.59. The summed E-state index contributed by atoms with van der Waals surface area (Å²) in [4.78, 5) is 14.9. The first kappa shape index (κ1) is 17.2. The maximum Gasteiger partial charge on any atom is 0.318 e. The van der Waals surface area contributed by atoms with Crippen molar-refractivity contribution in [2.24, 2.45) is 0 Å². The van der Waals surface area contributed by atoms with E-state index in [1.54, 1.807) is 7.11 Å². The molecule has 0 fully saturated rings. The number of nitrogens with zero attached hydrogens (tertiary/aromatic N) is 2. The van der Waals surface area contributed by atoms with Gasteiger partial charge in [0.05, 0.1) is 25.4 Å². The van der Waals surface area contributed by atoms with Gasteiger partial charge in [0, 0.05) is 18.4 Å². The van der Waals surface area contributed by atoms with E-state index in [1.807, 2.05) is 47.4 Å². The van der Waals surface area contributed by atoms with E-state index in [-0.39, 0.29) is 12.1 Å². The van der Waals surface area contributed by atoms with Gasteiger partial charge in [0.1, 0.15) is 5.75 Å². The molecule has 5 nitrogen and oxygen atoms in total. The second-order valence-corrected chi connectivity index (χ2v) is 6.75. The Labute approximate surface area is 159 Å². The summed E-state index contributed by atoms with van der Waals surface area (Å²) >= 11 is 0. The molecule has 1 atom stereocenters. The van der Waals surface area contributed by atoms with Gasteiger partial charge in [-0.2, -0.15) is 0 Å². The van der Waals surface area contributed by atoms with Crippen molar-refractivity contribution in [3.8, 4) is 11.4 Å². The highest BCUT2D eigenvalue weighted by atomic mass is 16.5. The fourth-order valence-electron chi connectivity index (χ4n) is 3.62. The summed E-state index contributed by atoms with van der Waals surface area (Å²) in [5, 5.41) is 3.05. The van der Waals surface area contributed by atoms with Crippen LogP contribution in [0.5, 0.6) is 5.75 Å². The van der Waals surface area contributed by atoms with Crippen LogP contribution in [-0.4, -0.2) is 22.6 Å². The molecule has 0 unspecified atom stereocenters. The summed E-state index contributed by atoms with van der Waals surface area (Å²) in [6.07, 6.45) is 2.06. The molecule has 138 valence electrons. The number of carbonyl (C=O) groups is 1. The molecule has 1 N–H and O–H groups in total. The van der Waals surface area contributed by atoms with Crippen molar-refractivity contribution in [1.82, 2.24) is 14.8 Å². The molecular weight excluding hydrogens is 338 g/mol. The smallest absolute Gasteiger partial charge is 0.318 e. The Morgan fingerprint density at radius 3 is 2.85 bits per heavy atom. The normalized spacial score (nSPS) is 15.5. The predicted molar refractivity (Wildman–Crippen MR) is 105 cm³/mol. The van der Waals surface area contributed by atoms with Crippen LogP contribution in [0.2, 0.25) is 0 Å². The van der Waals surface area contributed by atoms with Crippen LogP contribution in [0.15, 0.2) is 66.9 Å². The molecule has 1 aliphatic rings. The van der Waals surface area contributed by atoms with Crippen molar-refractivity contribution >= 4 is 6.03 Å². The minimum absolute atomic E-state index is 0.0299. The Hall–Kier alpha value is -3.21. The van der Waals surface area contributed by atoms with Crippen molar-refractivity contribution in [3.05, 3.63) is 83.7 Å². The Morgan fingerprint density at radius 1 is 1.15 bits per heavy atom. The second kappa shape index (κ2) is 7.19. The third kappa shape index (κ3) is 3.28. The van der Waals surface area contributed by atoms with Crippen molar-refractivity contribution in [2.45, 2.75) is 26.1 Å². The number of ether oxygens (including phenoxy) is 1. The topological polar surface area (TPSA) is 46.5 Å². The number of rotatable bonds is 3. The molecule has 27 heavy (non-hydrogen) atoms. The average molecular weight is 361 g/mol. The van der Waals surface area contributed by atoms with Crippen molar-refractivity contribution in [1.29, 1.82) is 0 Å². The summed E-state index contributed by atoms with van der Waals surface area (Å²) in [6.45, 7) is 3.10. The molecule has 0 aliphatic carbocycles. The molecule has 0 saturated heterocycles. The van der Waals surface area contributed by atoms with E-state index in [0.29, 0.717) is 13.1 Å². The summed E-state index contributed by atoms with van der Waals surface area (Å²) in [7, 11) is 1.64. The van der Waals surface area contributed by atoms with Gasteiger partial charge in [0.15, 0.2) is 0 Å². The maximum atomic E-state index is 13.0. The van der Waals surface area contributed by atoms with Crippen LogP contribution in [0.1, 0.15) is 29.8 Å². The fourth-order valence-corrected chi connectivity index (χ4v) is 3.62. The van der Waals surface area contributed by atoms with Crippen molar-refractivity contribution < 1.29 is 9.53 Å². The number of urea groups is 1. The van der Waals surface area contributed by atoms with E-state index in [1.165, 1.54) is 0 Å². The highest BCUT2D eigenvalue weighted by molar-refractivity contribution is 5.75. The minimum atomic E-state index is -0.0743. The lowest BCUT2D eigenvalue weighted by atomic mass is 10.1. The first-order valence-electron chi connectivity index (χ1n) is 9.10. The lowest BCUT2D eigenvalue weighted by Gasteiger charge is -2.27. The van der Waals surface area contributed by atoms with Crippen molar-refractivity contribution in [2.75, 3.05) is 7.11 Å². The number of hydrogen-bond donors (Lipinski definition) is 1. The molecule has 2 heterocycles. The molecule has 0 bridgehead atoms. The Morgan fingerprint density at radius 2 is 2.00 bits per heavy atom. The molecule has 1 aliphatic heterocycles. The monoisotopic (exact) mass is 361 g/mol. The SMILES string of the molecule is COc1cccc(CNC(=O)N2Cc3ccccc3-n3cccc3[C@H]2C)c1. The second-order valence-electron chi connectivity index (χ2n) is 6.75. The molecule has 4 rings (SSSR count). The zero-order chi connectivity index (χ0) is 18.8. The third-order valence-corrected chi connectivity index (χ3v) is 5.11. The molecule has 0 spiro atoms. The number of hydrogen-bond acceptors (Lipinski definition) is 2. The van der Waals surface area contributed by atoms with Gasteiger partial charge in [-0.15, -0.1) is 0 Å². The first-order valence-corrected chi connectivity index (χ1v) is 9.10. The zero-order valence-electron chi connectivity index (χ0n) is 15.6. The third-order valence-electron chi connectivity index (χ3n) is 5.11. The predicted octanol–water partition coefficient (Wildman–Crippen LogP) is 4.27. The number of fused-ring (bicyclic) bond motifs is 3. The van der Waals surface area contributed by atoms with E-state index in [4.69, 9.17) is 4.74 Å². The number of aromatic nitrogens is 1. The van der Waals surface area contributed by atoms with Crippen LogP contribution >= 0.6 is 0 Å².